The third-order valence-electron chi connectivity index (χ3n) is 5.34. The van der Waals surface area contributed by atoms with Crippen LogP contribution in [0.1, 0.15) is 43.2 Å². The molecule has 1 atom stereocenters. The minimum atomic E-state index is -0.0891. The number of nitrogen functional groups attached to an aromatic ring is 1. The number of rotatable bonds is 8. The normalized spacial score (nSPS) is 14.6. The van der Waals surface area contributed by atoms with Crippen LogP contribution in [0.25, 0.3) is 0 Å². The summed E-state index contributed by atoms with van der Waals surface area (Å²) < 4.78 is 0. The van der Waals surface area contributed by atoms with Crippen molar-refractivity contribution in [2.75, 3.05) is 31.3 Å². The molecule has 27 heavy (non-hydrogen) atoms. The van der Waals surface area contributed by atoms with Gasteiger partial charge in [0, 0.05) is 38.6 Å². The van der Waals surface area contributed by atoms with Crippen LogP contribution in [-0.2, 0) is 11.3 Å². The second-order valence-corrected chi connectivity index (χ2v) is 7.82. The van der Waals surface area contributed by atoms with E-state index >= 15 is 0 Å². The lowest BCUT2D eigenvalue weighted by Gasteiger charge is -2.29. The van der Waals surface area contributed by atoms with Crippen molar-refractivity contribution in [3.05, 3.63) is 59.7 Å². The predicted octanol–water partition coefficient (Wildman–Crippen LogP) is 4.27. The molecule has 0 heterocycles. The third kappa shape index (κ3) is 4.82. The van der Waals surface area contributed by atoms with Crippen molar-refractivity contribution >= 4 is 17.3 Å². The summed E-state index contributed by atoms with van der Waals surface area (Å²) in [6.07, 6.45) is 3.26. The highest BCUT2D eigenvalue weighted by molar-refractivity contribution is 5.84. The summed E-state index contributed by atoms with van der Waals surface area (Å²) in [5.41, 5.74) is 10.1. The molecule has 4 nitrogen and oxygen atoms in total. The minimum Gasteiger partial charge on any atom is -0.399 e. The van der Waals surface area contributed by atoms with Gasteiger partial charge in [-0.15, -0.1) is 0 Å². The van der Waals surface area contributed by atoms with Gasteiger partial charge in [0.2, 0.25) is 5.91 Å². The SMILES string of the molecule is CC[C@@H](C(=O)N(Cc1cc(N)ccc1N(C)C)CC1CC1)c1ccccc1. The molecule has 1 aliphatic rings. The van der Waals surface area contributed by atoms with E-state index in [0.29, 0.717) is 12.5 Å². The molecule has 0 aliphatic heterocycles. The molecule has 0 saturated heterocycles. The molecule has 2 aromatic rings. The Balaban J connectivity index is 1.88. The molecule has 4 heteroatoms. The number of hydrogen-bond donors (Lipinski definition) is 1. The monoisotopic (exact) mass is 365 g/mol. The summed E-state index contributed by atoms with van der Waals surface area (Å²) in [4.78, 5) is 17.6. The van der Waals surface area contributed by atoms with Gasteiger partial charge < -0.3 is 15.5 Å². The van der Waals surface area contributed by atoms with Crippen LogP contribution in [0.15, 0.2) is 48.5 Å². The summed E-state index contributed by atoms with van der Waals surface area (Å²) in [6.45, 7) is 3.54. The van der Waals surface area contributed by atoms with Crippen LogP contribution < -0.4 is 10.6 Å². The van der Waals surface area contributed by atoms with Crippen LogP contribution in [0.3, 0.4) is 0 Å². The van der Waals surface area contributed by atoms with E-state index in [1.54, 1.807) is 0 Å². The average molecular weight is 366 g/mol. The lowest BCUT2D eigenvalue weighted by atomic mass is 9.94. The highest BCUT2D eigenvalue weighted by Crippen LogP contribution is 2.33. The molecule has 1 saturated carbocycles. The van der Waals surface area contributed by atoms with Gasteiger partial charge in [0.05, 0.1) is 5.92 Å². The van der Waals surface area contributed by atoms with Crippen LogP contribution >= 0.6 is 0 Å². The molecule has 2 aromatic carbocycles. The summed E-state index contributed by atoms with van der Waals surface area (Å²) in [5, 5.41) is 0. The largest absolute Gasteiger partial charge is 0.399 e. The smallest absolute Gasteiger partial charge is 0.230 e. The van der Waals surface area contributed by atoms with Gasteiger partial charge in [-0.2, -0.15) is 0 Å². The summed E-state index contributed by atoms with van der Waals surface area (Å²) in [6, 6.07) is 16.1. The highest BCUT2D eigenvalue weighted by atomic mass is 16.2. The number of amides is 1. The summed E-state index contributed by atoms with van der Waals surface area (Å²) in [7, 11) is 4.06. The van der Waals surface area contributed by atoms with Crippen LogP contribution in [0.2, 0.25) is 0 Å². The first-order chi connectivity index (χ1) is 13.0. The fourth-order valence-electron chi connectivity index (χ4n) is 3.68. The summed E-state index contributed by atoms with van der Waals surface area (Å²) >= 11 is 0. The third-order valence-corrected chi connectivity index (χ3v) is 5.34. The van der Waals surface area contributed by atoms with Gasteiger partial charge in [-0.3, -0.25) is 4.79 Å². The van der Waals surface area contributed by atoms with E-state index in [0.717, 1.165) is 35.5 Å². The Labute approximate surface area is 163 Å². The second-order valence-electron chi connectivity index (χ2n) is 7.82. The van der Waals surface area contributed by atoms with Crippen molar-refractivity contribution in [3.8, 4) is 0 Å². The van der Waals surface area contributed by atoms with Gasteiger partial charge in [0.15, 0.2) is 0 Å². The van der Waals surface area contributed by atoms with E-state index in [4.69, 9.17) is 5.73 Å². The zero-order chi connectivity index (χ0) is 19.4. The Kier molecular flexibility index (Phi) is 6.04. The highest BCUT2D eigenvalue weighted by Gasteiger charge is 2.31. The molecule has 1 amide bonds. The fourth-order valence-corrected chi connectivity index (χ4v) is 3.68. The van der Waals surface area contributed by atoms with E-state index < -0.39 is 0 Å². The Bertz CT molecular complexity index is 768. The number of nitrogens with two attached hydrogens (primary N) is 1. The molecule has 0 aromatic heterocycles. The first-order valence-corrected chi connectivity index (χ1v) is 9.89. The second kappa shape index (κ2) is 8.47. The molecular formula is C23H31N3O. The number of anilines is 2. The molecule has 0 spiro atoms. The Morgan fingerprint density at radius 2 is 1.85 bits per heavy atom. The first kappa shape index (κ1) is 19.3. The van der Waals surface area contributed by atoms with E-state index in [2.05, 4.69) is 28.9 Å². The number of hydrogen-bond acceptors (Lipinski definition) is 3. The molecule has 0 radical (unpaired) electrons. The van der Waals surface area contributed by atoms with Crippen LogP contribution in [0, 0.1) is 5.92 Å². The van der Waals surface area contributed by atoms with Gasteiger partial charge in [0.25, 0.3) is 0 Å². The van der Waals surface area contributed by atoms with Crippen molar-refractivity contribution in [1.29, 1.82) is 0 Å². The number of nitrogens with zero attached hydrogens (tertiary/aromatic N) is 2. The number of carbonyl (C=O) groups is 1. The number of benzene rings is 2. The first-order valence-electron chi connectivity index (χ1n) is 9.89. The lowest BCUT2D eigenvalue weighted by molar-refractivity contribution is -0.133. The maximum atomic E-state index is 13.5. The molecule has 1 fully saturated rings. The molecule has 2 N–H and O–H groups in total. The molecule has 0 bridgehead atoms. The van der Waals surface area contributed by atoms with Crippen molar-refractivity contribution in [2.24, 2.45) is 5.92 Å². The number of carbonyl (C=O) groups excluding carboxylic acids is 1. The van der Waals surface area contributed by atoms with Crippen molar-refractivity contribution in [3.63, 3.8) is 0 Å². The predicted molar refractivity (Wildman–Crippen MR) is 113 cm³/mol. The molecule has 0 unspecified atom stereocenters. The van der Waals surface area contributed by atoms with Crippen LogP contribution in [-0.4, -0.2) is 31.4 Å². The Hall–Kier alpha value is -2.49. The van der Waals surface area contributed by atoms with E-state index in [1.165, 1.54) is 12.8 Å². The molecular weight excluding hydrogens is 334 g/mol. The van der Waals surface area contributed by atoms with Crippen molar-refractivity contribution in [2.45, 2.75) is 38.6 Å². The van der Waals surface area contributed by atoms with Gasteiger partial charge in [0.1, 0.15) is 0 Å². The maximum Gasteiger partial charge on any atom is 0.230 e. The van der Waals surface area contributed by atoms with Crippen LogP contribution in [0.5, 0.6) is 0 Å². The molecule has 1 aliphatic carbocycles. The topological polar surface area (TPSA) is 49.6 Å². The van der Waals surface area contributed by atoms with Crippen molar-refractivity contribution < 1.29 is 4.79 Å². The van der Waals surface area contributed by atoms with E-state index in [9.17, 15) is 4.79 Å². The standard InChI is InChI=1S/C23H31N3O/c1-4-21(18-8-6-5-7-9-18)23(27)26(15-17-10-11-17)16-19-14-20(24)12-13-22(19)25(2)3/h5-9,12-14,17,21H,4,10-11,15-16,24H2,1-3H3/t21-/m1/s1. The van der Waals surface area contributed by atoms with Crippen molar-refractivity contribution in [1.82, 2.24) is 4.90 Å². The minimum absolute atomic E-state index is 0.0891. The average Bonchev–Trinajstić information content (AvgIpc) is 3.46. The van der Waals surface area contributed by atoms with Gasteiger partial charge in [-0.1, -0.05) is 37.3 Å². The summed E-state index contributed by atoms with van der Waals surface area (Å²) in [5.74, 6) is 0.780. The van der Waals surface area contributed by atoms with Crippen LogP contribution in [0.4, 0.5) is 11.4 Å². The maximum absolute atomic E-state index is 13.5. The Morgan fingerprint density at radius 3 is 2.44 bits per heavy atom. The quantitative estimate of drug-likeness (QED) is 0.711. The van der Waals surface area contributed by atoms with E-state index in [-0.39, 0.29) is 11.8 Å². The fraction of sp³-hybridized carbons (Fsp3) is 0.435. The lowest BCUT2D eigenvalue weighted by Crippen LogP contribution is -2.36. The van der Waals surface area contributed by atoms with Gasteiger partial charge >= 0.3 is 0 Å². The zero-order valence-electron chi connectivity index (χ0n) is 16.7. The van der Waals surface area contributed by atoms with Gasteiger partial charge in [-0.05, 0) is 54.5 Å². The molecule has 3 rings (SSSR count). The Morgan fingerprint density at radius 1 is 1.15 bits per heavy atom. The van der Waals surface area contributed by atoms with Gasteiger partial charge in [-0.25, -0.2) is 0 Å². The van der Waals surface area contributed by atoms with E-state index in [1.807, 2.05) is 50.5 Å². The zero-order valence-corrected chi connectivity index (χ0v) is 16.7. The molecule has 144 valence electrons.